The number of halogens is 1. The van der Waals surface area contributed by atoms with Crippen molar-refractivity contribution in [3.8, 4) is 0 Å². The molecular weight excluding hydrogens is 310 g/mol. The third kappa shape index (κ3) is 2.42. The second kappa shape index (κ2) is 4.74. The van der Waals surface area contributed by atoms with Crippen LogP contribution < -0.4 is 5.32 Å². The van der Waals surface area contributed by atoms with Crippen LogP contribution in [0.2, 0.25) is 0 Å². The first-order valence-corrected chi connectivity index (χ1v) is 7.26. The molecule has 5 heteroatoms. The van der Waals surface area contributed by atoms with Crippen LogP contribution in [0.25, 0.3) is 11.0 Å². The molecule has 1 aromatic carbocycles. The van der Waals surface area contributed by atoms with Crippen molar-refractivity contribution in [2.45, 2.75) is 13.5 Å². The maximum absolute atomic E-state index is 4.39. The third-order valence-electron chi connectivity index (χ3n) is 2.70. The van der Waals surface area contributed by atoms with Crippen molar-refractivity contribution in [1.29, 1.82) is 0 Å². The number of aromatic nitrogens is 2. The molecule has 0 atom stereocenters. The third-order valence-corrected chi connectivity index (χ3v) is 4.32. The fraction of sp³-hybridized carbons (Fsp3) is 0.154. The molecule has 0 saturated carbocycles. The second-order valence-corrected chi connectivity index (χ2v) is 6.66. The maximum Gasteiger partial charge on any atom is 0.104 e. The smallest absolute Gasteiger partial charge is 0.104 e. The summed E-state index contributed by atoms with van der Waals surface area (Å²) in [6.45, 7) is 2.81. The van der Waals surface area contributed by atoms with E-state index >= 15 is 0 Å². The van der Waals surface area contributed by atoms with Gasteiger partial charge in [-0.05, 0) is 53.2 Å². The number of benzene rings is 1. The number of fused-ring (bicyclic) bond motifs is 1. The molecule has 0 unspecified atom stereocenters. The van der Waals surface area contributed by atoms with E-state index in [1.807, 2.05) is 13.0 Å². The van der Waals surface area contributed by atoms with Crippen molar-refractivity contribution in [3.05, 3.63) is 44.8 Å². The van der Waals surface area contributed by atoms with Gasteiger partial charge in [0.05, 0.1) is 14.8 Å². The lowest BCUT2D eigenvalue weighted by atomic mass is 10.2. The largest absolute Gasteiger partial charge is 0.380 e. The number of aromatic amines is 1. The van der Waals surface area contributed by atoms with Crippen molar-refractivity contribution < 1.29 is 0 Å². The number of H-pyrrole nitrogens is 1. The Hall–Kier alpha value is -1.33. The monoisotopic (exact) mass is 321 g/mol. The Morgan fingerprint density at radius 3 is 3.00 bits per heavy atom. The Morgan fingerprint density at radius 1 is 1.33 bits per heavy atom. The number of rotatable bonds is 3. The summed E-state index contributed by atoms with van der Waals surface area (Å²) < 4.78 is 1.17. The van der Waals surface area contributed by atoms with Crippen molar-refractivity contribution >= 4 is 44.0 Å². The summed E-state index contributed by atoms with van der Waals surface area (Å²) in [6.07, 6.45) is 0. The van der Waals surface area contributed by atoms with Crippen molar-refractivity contribution in [3.63, 3.8) is 0 Å². The minimum Gasteiger partial charge on any atom is -0.380 e. The molecule has 0 radical (unpaired) electrons. The first-order valence-electron chi connectivity index (χ1n) is 5.65. The predicted octanol–water partition coefficient (Wildman–Crippen LogP) is 4.31. The van der Waals surface area contributed by atoms with Crippen LogP contribution in [0.1, 0.15) is 10.7 Å². The van der Waals surface area contributed by atoms with Gasteiger partial charge in [0.15, 0.2) is 0 Å². The van der Waals surface area contributed by atoms with Crippen molar-refractivity contribution in [2.75, 3.05) is 5.32 Å². The second-order valence-electron chi connectivity index (χ2n) is 4.11. The molecule has 2 heterocycles. The van der Waals surface area contributed by atoms with Crippen LogP contribution in [0.5, 0.6) is 0 Å². The molecule has 3 nitrogen and oxygen atoms in total. The average Bonchev–Trinajstić information content (AvgIpc) is 2.90. The Bertz CT molecular complexity index is 686. The SMILES string of the molecule is Cc1nc2ccc(NCc3ccc(Br)s3)cc2[nH]1. The van der Waals surface area contributed by atoms with Crippen LogP contribution in [0.4, 0.5) is 5.69 Å². The van der Waals surface area contributed by atoms with Gasteiger partial charge < -0.3 is 10.3 Å². The highest BCUT2D eigenvalue weighted by Gasteiger charge is 2.01. The molecule has 3 rings (SSSR count). The molecule has 0 aliphatic rings. The first-order chi connectivity index (χ1) is 8.70. The fourth-order valence-corrected chi connectivity index (χ4v) is 3.31. The number of nitrogens with one attached hydrogen (secondary N) is 2. The standard InChI is InChI=1S/C13H12BrN3S/c1-8-16-11-4-2-9(6-12(11)17-8)15-7-10-3-5-13(14)18-10/h2-6,15H,7H2,1H3,(H,16,17). The van der Waals surface area contributed by atoms with E-state index in [1.54, 1.807) is 11.3 Å². The van der Waals surface area contributed by atoms with E-state index in [9.17, 15) is 0 Å². The molecule has 2 N–H and O–H groups in total. The lowest BCUT2D eigenvalue weighted by Gasteiger charge is -2.04. The number of nitrogens with zero attached hydrogens (tertiary/aromatic N) is 1. The van der Waals surface area contributed by atoms with Gasteiger partial charge in [-0.2, -0.15) is 0 Å². The summed E-state index contributed by atoms with van der Waals surface area (Å²) in [6, 6.07) is 10.4. The van der Waals surface area contributed by atoms with Crippen LogP contribution in [-0.4, -0.2) is 9.97 Å². The predicted molar refractivity (Wildman–Crippen MR) is 80.2 cm³/mol. The van der Waals surface area contributed by atoms with E-state index in [4.69, 9.17) is 0 Å². The van der Waals surface area contributed by atoms with Gasteiger partial charge in [0.1, 0.15) is 5.82 Å². The minimum absolute atomic E-state index is 0.842. The minimum atomic E-state index is 0.842. The van der Waals surface area contributed by atoms with E-state index in [1.165, 1.54) is 8.66 Å². The number of imidazole rings is 1. The van der Waals surface area contributed by atoms with Crippen LogP contribution >= 0.6 is 27.3 Å². The van der Waals surface area contributed by atoms with Gasteiger partial charge >= 0.3 is 0 Å². The Labute approximate surface area is 117 Å². The molecule has 18 heavy (non-hydrogen) atoms. The summed E-state index contributed by atoms with van der Waals surface area (Å²) in [5.74, 6) is 0.948. The van der Waals surface area contributed by atoms with E-state index in [-0.39, 0.29) is 0 Å². The normalized spacial score (nSPS) is 11.0. The van der Waals surface area contributed by atoms with Gasteiger partial charge in [0.2, 0.25) is 0 Å². The number of thiophene rings is 1. The Balaban J connectivity index is 1.78. The highest BCUT2D eigenvalue weighted by molar-refractivity contribution is 9.11. The van der Waals surface area contributed by atoms with E-state index in [2.05, 4.69) is 55.5 Å². The molecule has 0 aliphatic heterocycles. The fourth-order valence-electron chi connectivity index (χ4n) is 1.88. The molecule has 0 amide bonds. The highest BCUT2D eigenvalue weighted by Crippen LogP contribution is 2.23. The van der Waals surface area contributed by atoms with Crippen LogP contribution in [0.3, 0.4) is 0 Å². The first kappa shape index (κ1) is 11.7. The number of hydrogen-bond donors (Lipinski definition) is 2. The Kier molecular flexibility index (Phi) is 3.09. The zero-order chi connectivity index (χ0) is 12.5. The van der Waals surface area contributed by atoms with Gasteiger partial charge in [-0.25, -0.2) is 4.98 Å². The molecule has 2 aromatic heterocycles. The average molecular weight is 322 g/mol. The summed E-state index contributed by atoms with van der Waals surface area (Å²) >= 11 is 5.22. The van der Waals surface area contributed by atoms with Crippen molar-refractivity contribution in [1.82, 2.24) is 9.97 Å². The topological polar surface area (TPSA) is 40.7 Å². The lowest BCUT2D eigenvalue weighted by Crippen LogP contribution is -1.96. The lowest BCUT2D eigenvalue weighted by molar-refractivity contribution is 1.17. The molecular formula is C13H12BrN3S. The molecule has 3 aromatic rings. The molecule has 0 saturated heterocycles. The van der Waals surface area contributed by atoms with Gasteiger partial charge in [-0.1, -0.05) is 0 Å². The molecule has 0 fully saturated rings. The number of aryl methyl sites for hydroxylation is 1. The number of hydrogen-bond acceptors (Lipinski definition) is 3. The summed E-state index contributed by atoms with van der Waals surface area (Å²) in [5, 5.41) is 3.42. The van der Waals surface area contributed by atoms with Gasteiger partial charge in [-0.3, -0.25) is 0 Å². The van der Waals surface area contributed by atoms with Crippen LogP contribution in [0.15, 0.2) is 34.1 Å². The summed E-state index contributed by atoms with van der Waals surface area (Å²) in [7, 11) is 0. The summed E-state index contributed by atoms with van der Waals surface area (Å²) in [5.41, 5.74) is 3.19. The highest BCUT2D eigenvalue weighted by atomic mass is 79.9. The number of anilines is 1. The zero-order valence-corrected chi connectivity index (χ0v) is 12.2. The molecule has 92 valence electrons. The van der Waals surface area contributed by atoms with Crippen LogP contribution in [0, 0.1) is 6.92 Å². The van der Waals surface area contributed by atoms with E-state index in [0.717, 1.165) is 29.1 Å². The van der Waals surface area contributed by atoms with Gasteiger partial charge in [0, 0.05) is 17.1 Å². The van der Waals surface area contributed by atoms with E-state index < -0.39 is 0 Å². The van der Waals surface area contributed by atoms with E-state index in [0.29, 0.717) is 0 Å². The summed E-state index contributed by atoms with van der Waals surface area (Å²) in [4.78, 5) is 8.94. The molecule has 0 spiro atoms. The Morgan fingerprint density at radius 2 is 2.22 bits per heavy atom. The van der Waals surface area contributed by atoms with Gasteiger partial charge in [-0.15, -0.1) is 11.3 Å². The quantitative estimate of drug-likeness (QED) is 0.754. The van der Waals surface area contributed by atoms with Gasteiger partial charge in [0.25, 0.3) is 0 Å². The molecule has 0 bridgehead atoms. The molecule has 0 aliphatic carbocycles. The van der Waals surface area contributed by atoms with Crippen LogP contribution in [-0.2, 0) is 6.54 Å². The zero-order valence-electron chi connectivity index (χ0n) is 9.83. The maximum atomic E-state index is 4.39. The van der Waals surface area contributed by atoms with Crippen molar-refractivity contribution in [2.24, 2.45) is 0 Å².